The van der Waals surface area contributed by atoms with Crippen LogP contribution in [0.3, 0.4) is 0 Å². The minimum absolute atomic E-state index is 0. The fourth-order valence-electron chi connectivity index (χ4n) is 3.43. The molecule has 1 aromatic carbocycles. The van der Waals surface area contributed by atoms with Crippen molar-refractivity contribution in [1.29, 1.82) is 0 Å². The molecule has 0 bridgehead atoms. The number of halogens is 2. The number of guanidine groups is 1. The van der Waals surface area contributed by atoms with Crippen LogP contribution < -0.4 is 11.1 Å². The molecule has 5 nitrogen and oxygen atoms in total. The minimum Gasteiger partial charge on any atom is -0.381 e. The van der Waals surface area contributed by atoms with Gasteiger partial charge in [0.05, 0.1) is 12.6 Å². The summed E-state index contributed by atoms with van der Waals surface area (Å²) < 4.78 is 24.7. The number of ether oxygens (including phenoxy) is 2. The number of nitrogens with zero attached hydrogens (tertiary/aromatic N) is 1. The van der Waals surface area contributed by atoms with Crippen molar-refractivity contribution < 1.29 is 13.9 Å². The molecule has 2 aliphatic heterocycles. The van der Waals surface area contributed by atoms with Crippen molar-refractivity contribution in [3.05, 3.63) is 35.6 Å². The Bertz CT molecular complexity index is 573. The van der Waals surface area contributed by atoms with Crippen LogP contribution in [0.15, 0.2) is 29.3 Å². The van der Waals surface area contributed by atoms with Gasteiger partial charge < -0.3 is 20.5 Å². The highest BCUT2D eigenvalue weighted by atomic mass is 127. The zero-order valence-electron chi connectivity index (χ0n) is 14.4. The molecule has 0 aromatic heterocycles. The smallest absolute Gasteiger partial charge is 0.188 e. The summed E-state index contributed by atoms with van der Waals surface area (Å²) in [5.74, 6) is 0.208. The zero-order chi connectivity index (χ0) is 16.8. The normalized spacial score (nSPS) is 23.1. The van der Waals surface area contributed by atoms with Crippen LogP contribution in [0.5, 0.6) is 0 Å². The van der Waals surface area contributed by atoms with E-state index in [1.165, 1.54) is 6.07 Å². The number of hydrogen-bond acceptors (Lipinski definition) is 3. The Hall–Kier alpha value is -0.930. The maximum atomic E-state index is 13.7. The van der Waals surface area contributed by atoms with Gasteiger partial charge in [-0.2, -0.15) is 0 Å². The second-order valence-corrected chi connectivity index (χ2v) is 6.62. The third-order valence-electron chi connectivity index (χ3n) is 4.97. The van der Waals surface area contributed by atoms with Gasteiger partial charge in [0.1, 0.15) is 5.82 Å². The fraction of sp³-hybridized carbons (Fsp3) is 0.611. The molecule has 0 aliphatic carbocycles. The monoisotopic (exact) mass is 463 g/mol. The third-order valence-corrected chi connectivity index (χ3v) is 4.97. The van der Waals surface area contributed by atoms with Crippen LogP contribution in [-0.2, 0) is 14.9 Å². The lowest BCUT2D eigenvalue weighted by molar-refractivity contribution is 0.0530. The molecule has 140 valence electrons. The first kappa shape index (κ1) is 20.4. The molecule has 2 saturated heterocycles. The van der Waals surface area contributed by atoms with Crippen LogP contribution in [0.1, 0.15) is 31.2 Å². The average molecular weight is 463 g/mol. The first-order valence-electron chi connectivity index (χ1n) is 8.67. The molecule has 2 fully saturated rings. The lowest BCUT2D eigenvalue weighted by Crippen LogP contribution is -2.41. The van der Waals surface area contributed by atoms with E-state index in [0.717, 1.165) is 37.9 Å². The summed E-state index contributed by atoms with van der Waals surface area (Å²) in [6.45, 7) is 3.37. The van der Waals surface area contributed by atoms with Crippen molar-refractivity contribution in [3.8, 4) is 0 Å². The van der Waals surface area contributed by atoms with E-state index in [2.05, 4.69) is 10.3 Å². The van der Waals surface area contributed by atoms with Crippen LogP contribution in [0.2, 0.25) is 0 Å². The second-order valence-electron chi connectivity index (χ2n) is 6.62. The average Bonchev–Trinajstić information content (AvgIpc) is 3.12. The van der Waals surface area contributed by atoms with E-state index in [9.17, 15) is 4.39 Å². The van der Waals surface area contributed by atoms with E-state index in [0.29, 0.717) is 32.3 Å². The Balaban J connectivity index is 0.00000225. The highest BCUT2D eigenvalue weighted by Gasteiger charge is 2.34. The molecule has 1 aromatic rings. The number of aliphatic imine (C=N–C) groups is 1. The standard InChI is InChI=1S/C18H26FN3O2.HI/c19-15-4-1-3-14(11-15)18(6-9-23-10-7-18)13-22-17(20)21-12-16-5-2-8-24-16;/h1,3-4,11,16H,2,5-10,12-13H2,(H3,20,21,22);1H. The number of nitrogens with one attached hydrogen (secondary N) is 1. The van der Waals surface area contributed by atoms with Gasteiger partial charge in [0, 0.05) is 31.8 Å². The van der Waals surface area contributed by atoms with E-state index >= 15 is 0 Å². The summed E-state index contributed by atoms with van der Waals surface area (Å²) in [5, 5.41) is 3.14. The van der Waals surface area contributed by atoms with Gasteiger partial charge in [0.25, 0.3) is 0 Å². The number of nitrogens with two attached hydrogens (primary N) is 1. The Morgan fingerprint density at radius 3 is 2.80 bits per heavy atom. The lowest BCUT2D eigenvalue weighted by Gasteiger charge is -2.36. The summed E-state index contributed by atoms with van der Waals surface area (Å²) >= 11 is 0. The van der Waals surface area contributed by atoms with E-state index in [4.69, 9.17) is 15.2 Å². The molecule has 0 amide bonds. The van der Waals surface area contributed by atoms with Crippen molar-refractivity contribution in [3.63, 3.8) is 0 Å². The number of benzene rings is 1. The van der Waals surface area contributed by atoms with Crippen molar-refractivity contribution >= 4 is 29.9 Å². The molecule has 3 rings (SSSR count). The van der Waals surface area contributed by atoms with E-state index in [1.807, 2.05) is 6.07 Å². The van der Waals surface area contributed by atoms with Crippen LogP contribution in [0.25, 0.3) is 0 Å². The topological polar surface area (TPSA) is 68.9 Å². The summed E-state index contributed by atoms with van der Waals surface area (Å²) in [4.78, 5) is 4.54. The molecular weight excluding hydrogens is 436 g/mol. The molecule has 1 atom stereocenters. The summed E-state index contributed by atoms with van der Waals surface area (Å²) in [6.07, 6.45) is 4.02. The highest BCUT2D eigenvalue weighted by molar-refractivity contribution is 14.0. The van der Waals surface area contributed by atoms with Gasteiger partial charge in [-0.25, -0.2) is 4.39 Å². The Morgan fingerprint density at radius 2 is 2.12 bits per heavy atom. The van der Waals surface area contributed by atoms with Crippen molar-refractivity contribution in [2.24, 2.45) is 10.7 Å². The predicted octanol–water partition coefficient (Wildman–Crippen LogP) is 2.58. The van der Waals surface area contributed by atoms with Crippen molar-refractivity contribution in [2.75, 3.05) is 32.9 Å². The molecule has 1 unspecified atom stereocenters. The van der Waals surface area contributed by atoms with Crippen molar-refractivity contribution in [2.45, 2.75) is 37.2 Å². The molecule has 0 radical (unpaired) electrons. The SMILES string of the molecule is I.NC(=NCC1(c2cccc(F)c2)CCOCC1)NCC1CCCO1. The predicted molar refractivity (Wildman–Crippen MR) is 107 cm³/mol. The largest absolute Gasteiger partial charge is 0.381 e. The van der Waals surface area contributed by atoms with Crippen molar-refractivity contribution in [1.82, 2.24) is 5.32 Å². The van der Waals surface area contributed by atoms with Crippen LogP contribution >= 0.6 is 24.0 Å². The van der Waals surface area contributed by atoms with Gasteiger partial charge in [-0.3, -0.25) is 4.99 Å². The number of rotatable bonds is 5. The summed E-state index contributed by atoms with van der Waals surface area (Å²) in [5.41, 5.74) is 6.78. The fourth-order valence-corrected chi connectivity index (χ4v) is 3.43. The maximum absolute atomic E-state index is 13.7. The molecule has 2 heterocycles. The molecule has 2 aliphatic rings. The van der Waals surface area contributed by atoms with Gasteiger partial charge >= 0.3 is 0 Å². The van der Waals surface area contributed by atoms with Gasteiger partial charge in [-0.05, 0) is 43.4 Å². The van der Waals surface area contributed by atoms with E-state index < -0.39 is 0 Å². The Labute approximate surface area is 165 Å². The maximum Gasteiger partial charge on any atom is 0.188 e. The highest BCUT2D eigenvalue weighted by Crippen LogP contribution is 2.35. The Morgan fingerprint density at radius 1 is 1.32 bits per heavy atom. The van der Waals surface area contributed by atoms with Crippen LogP contribution in [-0.4, -0.2) is 45.0 Å². The lowest BCUT2D eigenvalue weighted by atomic mass is 9.74. The second kappa shape index (κ2) is 9.68. The van der Waals surface area contributed by atoms with Gasteiger partial charge in [-0.1, -0.05) is 12.1 Å². The van der Waals surface area contributed by atoms with Crippen LogP contribution in [0.4, 0.5) is 4.39 Å². The van der Waals surface area contributed by atoms with Gasteiger partial charge in [0.2, 0.25) is 0 Å². The summed E-state index contributed by atoms with van der Waals surface area (Å²) in [7, 11) is 0. The molecular formula is C18H27FIN3O2. The third kappa shape index (κ3) is 5.52. The summed E-state index contributed by atoms with van der Waals surface area (Å²) in [6, 6.07) is 6.80. The minimum atomic E-state index is -0.216. The molecule has 3 N–H and O–H groups in total. The van der Waals surface area contributed by atoms with Gasteiger partial charge in [0.15, 0.2) is 5.96 Å². The molecule has 0 spiro atoms. The molecule has 25 heavy (non-hydrogen) atoms. The van der Waals surface area contributed by atoms with E-state index in [-0.39, 0.29) is 41.3 Å². The Kier molecular flexibility index (Phi) is 7.89. The van der Waals surface area contributed by atoms with Gasteiger partial charge in [-0.15, -0.1) is 24.0 Å². The van der Waals surface area contributed by atoms with E-state index in [1.54, 1.807) is 12.1 Å². The first-order chi connectivity index (χ1) is 11.7. The quantitative estimate of drug-likeness (QED) is 0.400. The molecule has 0 saturated carbocycles. The zero-order valence-corrected chi connectivity index (χ0v) is 16.7. The number of hydrogen-bond donors (Lipinski definition) is 2. The van der Waals surface area contributed by atoms with Crippen LogP contribution in [0, 0.1) is 5.82 Å². The first-order valence-corrected chi connectivity index (χ1v) is 8.67. The molecule has 7 heteroatoms.